The minimum Gasteiger partial charge on any atom is -0.397 e. The summed E-state index contributed by atoms with van der Waals surface area (Å²) in [6.45, 7) is 1.79. The molecule has 1 atom stereocenters. The lowest BCUT2D eigenvalue weighted by molar-refractivity contribution is 0.0761. The molecular weight excluding hydrogens is 264 g/mol. The van der Waals surface area contributed by atoms with Gasteiger partial charge >= 0.3 is 0 Å². The average Bonchev–Trinajstić information content (AvgIpc) is 2.77. The Kier molecular flexibility index (Phi) is 4.27. The Bertz CT molecular complexity index is 480. The maximum absolute atomic E-state index is 12.3. The Morgan fingerprint density at radius 1 is 1.68 bits per heavy atom. The van der Waals surface area contributed by atoms with E-state index in [1.54, 1.807) is 18.0 Å². The van der Waals surface area contributed by atoms with Gasteiger partial charge in [0.1, 0.15) is 5.15 Å². The lowest BCUT2D eigenvalue weighted by Crippen LogP contribution is -2.39. The number of nitrogens with zero attached hydrogens (tertiary/aromatic N) is 3. The summed E-state index contributed by atoms with van der Waals surface area (Å²) in [5.74, 6) is -0.134. The van der Waals surface area contributed by atoms with Gasteiger partial charge in [-0.1, -0.05) is 11.6 Å². The molecule has 0 bridgehead atoms. The molecule has 0 aromatic carbocycles. The van der Waals surface area contributed by atoms with E-state index in [4.69, 9.17) is 17.3 Å². The molecule has 2 rings (SSSR count). The van der Waals surface area contributed by atoms with Crippen LogP contribution in [-0.2, 0) is 0 Å². The number of likely N-dealkylation sites (tertiary alicyclic amines) is 1. The van der Waals surface area contributed by atoms with Gasteiger partial charge in [-0.15, -0.1) is 0 Å². The maximum Gasteiger partial charge on any atom is 0.256 e. The van der Waals surface area contributed by atoms with Crippen molar-refractivity contribution < 1.29 is 4.79 Å². The molecule has 104 valence electrons. The monoisotopic (exact) mass is 282 g/mol. The number of nitrogen functional groups attached to an aromatic ring is 1. The van der Waals surface area contributed by atoms with E-state index in [1.165, 1.54) is 12.6 Å². The van der Waals surface area contributed by atoms with E-state index in [0.29, 0.717) is 23.8 Å². The minimum atomic E-state index is -0.134. The molecule has 0 spiro atoms. The predicted octanol–water partition coefficient (Wildman–Crippen LogP) is 1.48. The fourth-order valence-corrected chi connectivity index (χ4v) is 2.61. The number of hydrogen-bond acceptors (Lipinski definition) is 4. The molecule has 1 unspecified atom stereocenters. The van der Waals surface area contributed by atoms with E-state index in [-0.39, 0.29) is 11.1 Å². The second-order valence-electron chi connectivity index (χ2n) is 5.07. The van der Waals surface area contributed by atoms with Gasteiger partial charge in [0.15, 0.2) is 0 Å². The number of halogens is 1. The number of pyridine rings is 1. The van der Waals surface area contributed by atoms with Crippen molar-refractivity contribution in [2.45, 2.75) is 18.9 Å². The number of nitrogens with two attached hydrogens (primary N) is 1. The summed E-state index contributed by atoms with van der Waals surface area (Å²) in [6, 6.07) is 1.99. The summed E-state index contributed by atoms with van der Waals surface area (Å²) in [5.41, 5.74) is 6.46. The van der Waals surface area contributed by atoms with Crippen LogP contribution in [0.4, 0.5) is 5.69 Å². The first-order chi connectivity index (χ1) is 8.99. The van der Waals surface area contributed by atoms with Crippen LogP contribution in [0.5, 0.6) is 0 Å². The second kappa shape index (κ2) is 5.75. The van der Waals surface area contributed by atoms with Gasteiger partial charge in [0.25, 0.3) is 5.91 Å². The molecule has 0 aliphatic carbocycles. The predicted molar refractivity (Wildman–Crippen MR) is 76.3 cm³/mol. The van der Waals surface area contributed by atoms with E-state index in [2.05, 4.69) is 16.9 Å². The van der Waals surface area contributed by atoms with Crippen LogP contribution in [0.2, 0.25) is 5.15 Å². The summed E-state index contributed by atoms with van der Waals surface area (Å²) in [5, 5.41) is 0.200. The highest BCUT2D eigenvalue weighted by atomic mass is 35.5. The first kappa shape index (κ1) is 14.1. The summed E-state index contributed by atoms with van der Waals surface area (Å²) in [6.07, 6.45) is 3.75. The topological polar surface area (TPSA) is 62.5 Å². The lowest BCUT2D eigenvalue weighted by atomic mass is 10.2. The highest BCUT2D eigenvalue weighted by Gasteiger charge is 2.25. The largest absolute Gasteiger partial charge is 0.397 e. The van der Waals surface area contributed by atoms with Crippen LogP contribution in [0.3, 0.4) is 0 Å². The van der Waals surface area contributed by atoms with E-state index in [1.807, 2.05) is 0 Å². The van der Waals surface area contributed by atoms with E-state index < -0.39 is 0 Å². The van der Waals surface area contributed by atoms with Gasteiger partial charge in [-0.2, -0.15) is 0 Å². The Balaban J connectivity index is 2.08. The molecular formula is C13H19ClN4O. The number of anilines is 1. The number of carbonyl (C=O) groups is 1. The molecule has 2 heterocycles. The number of amides is 1. The van der Waals surface area contributed by atoms with Gasteiger partial charge in [-0.25, -0.2) is 4.98 Å². The third-order valence-electron chi connectivity index (χ3n) is 3.59. The molecule has 19 heavy (non-hydrogen) atoms. The average molecular weight is 283 g/mol. The Hall–Kier alpha value is -1.33. The Morgan fingerprint density at radius 3 is 3.05 bits per heavy atom. The van der Waals surface area contributed by atoms with Crippen molar-refractivity contribution in [3.8, 4) is 0 Å². The van der Waals surface area contributed by atoms with Crippen molar-refractivity contribution in [2.75, 3.05) is 32.9 Å². The summed E-state index contributed by atoms with van der Waals surface area (Å²) in [7, 11) is 3.87. The van der Waals surface area contributed by atoms with Crippen molar-refractivity contribution in [3.63, 3.8) is 0 Å². The zero-order valence-corrected chi connectivity index (χ0v) is 12.0. The third kappa shape index (κ3) is 3.16. The van der Waals surface area contributed by atoms with Crippen LogP contribution in [0, 0.1) is 0 Å². The van der Waals surface area contributed by atoms with Crippen molar-refractivity contribution in [1.82, 2.24) is 14.8 Å². The van der Waals surface area contributed by atoms with Crippen LogP contribution >= 0.6 is 11.6 Å². The normalized spacial score (nSPS) is 19.6. The zero-order valence-electron chi connectivity index (χ0n) is 11.3. The number of rotatable bonds is 3. The second-order valence-corrected chi connectivity index (χ2v) is 5.43. The van der Waals surface area contributed by atoms with Crippen LogP contribution in [0.15, 0.2) is 12.3 Å². The SMILES string of the molecule is CN(CC1CCCN1C)C(=O)c1cc(N)cnc1Cl. The molecule has 1 fully saturated rings. The van der Waals surface area contributed by atoms with Crippen LogP contribution < -0.4 is 5.73 Å². The van der Waals surface area contributed by atoms with Gasteiger partial charge in [0, 0.05) is 19.6 Å². The molecule has 1 aromatic rings. The smallest absolute Gasteiger partial charge is 0.256 e. The van der Waals surface area contributed by atoms with Gasteiger partial charge in [0.2, 0.25) is 0 Å². The summed E-state index contributed by atoms with van der Waals surface area (Å²) < 4.78 is 0. The van der Waals surface area contributed by atoms with Crippen molar-refractivity contribution in [2.24, 2.45) is 0 Å². The van der Waals surface area contributed by atoms with Gasteiger partial charge in [-0.05, 0) is 32.5 Å². The molecule has 0 radical (unpaired) electrons. The number of carbonyl (C=O) groups excluding carboxylic acids is 1. The molecule has 2 N–H and O–H groups in total. The van der Waals surface area contributed by atoms with Crippen molar-refractivity contribution in [3.05, 3.63) is 23.0 Å². The molecule has 1 amide bonds. The van der Waals surface area contributed by atoms with Gasteiger partial charge in [-0.3, -0.25) is 4.79 Å². The standard InChI is InChI=1S/C13H19ClN4O/c1-17-5-3-4-10(17)8-18(2)13(19)11-6-9(15)7-16-12(11)14/h6-7,10H,3-5,8,15H2,1-2H3. The first-order valence-corrected chi connectivity index (χ1v) is 6.73. The third-order valence-corrected chi connectivity index (χ3v) is 3.89. The number of aromatic nitrogens is 1. The van der Waals surface area contributed by atoms with Crippen LogP contribution in [0.1, 0.15) is 23.2 Å². The van der Waals surface area contributed by atoms with Crippen molar-refractivity contribution >= 4 is 23.2 Å². The molecule has 1 aliphatic heterocycles. The lowest BCUT2D eigenvalue weighted by Gasteiger charge is -2.26. The highest BCUT2D eigenvalue weighted by Crippen LogP contribution is 2.20. The quantitative estimate of drug-likeness (QED) is 0.853. The summed E-state index contributed by atoms with van der Waals surface area (Å²) in [4.78, 5) is 20.2. The molecule has 5 nitrogen and oxygen atoms in total. The van der Waals surface area contributed by atoms with Crippen molar-refractivity contribution in [1.29, 1.82) is 0 Å². The zero-order chi connectivity index (χ0) is 14.0. The highest BCUT2D eigenvalue weighted by molar-refractivity contribution is 6.32. The molecule has 1 aromatic heterocycles. The fourth-order valence-electron chi connectivity index (χ4n) is 2.43. The van der Waals surface area contributed by atoms with Crippen LogP contribution in [-0.4, -0.2) is 53.9 Å². The van der Waals surface area contributed by atoms with Gasteiger partial charge < -0.3 is 15.5 Å². The maximum atomic E-state index is 12.3. The van der Waals surface area contributed by atoms with Crippen LogP contribution in [0.25, 0.3) is 0 Å². The van der Waals surface area contributed by atoms with E-state index in [0.717, 1.165) is 13.0 Å². The molecule has 1 aliphatic rings. The van der Waals surface area contributed by atoms with Gasteiger partial charge in [0.05, 0.1) is 17.4 Å². The number of likely N-dealkylation sites (N-methyl/N-ethyl adjacent to an activating group) is 2. The minimum absolute atomic E-state index is 0.134. The summed E-state index contributed by atoms with van der Waals surface area (Å²) >= 11 is 5.96. The number of hydrogen-bond donors (Lipinski definition) is 1. The first-order valence-electron chi connectivity index (χ1n) is 6.35. The molecule has 6 heteroatoms. The molecule has 0 saturated carbocycles. The fraction of sp³-hybridized carbons (Fsp3) is 0.538. The van der Waals surface area contributed by atoms with E-state index in [9.17, 15) is 4.79 Å². The van der Waals surface area contributed by atoms with E-state index >= 15 is 0 Å². The Labute approximate surface area is 118 Å². The molecule has 1 saturated heterocycles. The Morgan fingerprint density at radius 2 is 2.42 bits per heavy atom.